The Labute approximate surface area is 123 Å². The monoisotopic (exact) mass is 314 g/mol. The van der Waals surface area contributed by atoms with E-state index in [1.54, 1.807) is 21.8 Å². The van der Waals surface area contributed by atoms with Gasteiger partial charge in [-0.15, -0.1) is 22.0 Å². The van der Waals surface area contributed by atoms with E-state index in [1.807, 2.05) is 6.07 Å². The molecule has 3 rings (SSSR count). The summed E-state index contributed by atoms with van der Waals surface area (Å²) in [6.07, 6.45) is 2.97. The Bertz CT molecular complexity index is 619. The van der Waals surface area contributed by atoms with Gasteiger partial charge >= 0.3 is 0 Å². The van der Waals surface area contributed by atoms with Crippen molar-refractivity contribution in [1.29, 1.82) is 0 Å². The first-order valence-electron chi connectivity index (χ1n) is 5.40. The van der Waals surface area contributed by atoms with Crippen molar-refractivity contribution in [3.63, 3.8) is 0 Å². The highest BCUT2D eigenvalue weighted by atomic mass is 35.5. The Kier molecular flexibility index (Phi) is 3.38. The molecule has 0 aliphatic carbocycles. The summed E-state index contributed by atoms with van der Waals surface area (Å²) in [5.74, 6) is 0.378. The quantitative estimate of drug-likeness (QED) is 0.854. The minimum atomic E-state index is -0.201. The average molecular weight is 315 g/mol. The molecular formula is C11H8Cl2N4OS. The minimum absolute atomic E-state index is 0.0131. The summed E-state index contributed by atoms with van der Waals surface area (Å²) in [6, 6.07) is 5.26. The van der Waals surface area contributed by atoms with Gasteiger partial charge in [-0.05, 0) is 12.1 Å². The summed E-state index contributed by atoms with van der Waals surface area (Å²) in [4.78, 5) is 12.0. The maximum absolute atomic E-state index is 12.0. The van der Waals surface area contributed by atoms with E-state index < -0.39 is 0 Å². The van der Waals surface area contributed by atoms with Crippen molar-refractivity contribution >= 4 is 40.9 Å². The number of hydrogen-bond acceptors (Lipinski definition) is 4. The Morgan fingerprint density at radius 1 is 1.26 bits per heavy atom. The first-order valence-corrected chi connectivity index (χ1v) is 7.21. The van der Waals surface area contributed by atoms with E-state index in [9.17, 15) is 4.79 Å². The summed E-state index contributed by atoms with van der Waals surface area (Å²) >= 11 is 13.6. The van der Waals surface area contributed by atoms with Gasteiger partial charge in [0.15, 0.2) is 0 Å². The maximum atomic E-state index is 12.0. The van der Waals surface area contributed by atoms with Crippen LogP contribution >= 0.6 is 35.0 Å². The van der Waals surface area contributed by atoms with Gasteiger partial charge in [-0.2, -0.15) is 0 Å². The van der Waals surface area contributed by atoms with Crippen LogP contribution in [0.2, 0.25) is 10.0 Å². The molecule has 1 fully saturated rings. The summed E-state index contributed by atoms with van der Waals surface area (Å²) < 4.78 is 1.57. The van der Waals surface area contributed by atoms with Crippen molar-refractivity contribution in [3.8, 4) is 0 Å². The highest BCUT2D eigenvalue weighted by Gasteiger charge is 2.35. The zero-order valence-electron chi connectivity index (χ0n) is 9.53. The smallest absolute Gasteiger partial charge is 0.252 e. The van der Waals surface area contributed by atoms with Gasteiger partial charge in [0.2, 0.25) is 0 Å². The van der Waals surface area contributed by atoms with Crippen LogP contribution in [0.4, 0.5) is 0 Å². The third-order valence-corrected chi connectivity index (χ3v) is 4.47. The first-order chi connectivity index (χ1) is 9.16. The summed E-state index contributed by atoms with van der Waals surface area (Å²) in [5, 5.41) is 9.93. The second kappa shape index (κ2) is 5.03. The molecule has 0 spiro atoms. The lowest BCUT2D eigenvalue weighted by Gasteiger charge is -2.24. The topological polar surface area (TPSA) is 51.0 Å². The predicted octanol–water partition coefficient (Wildman–Crippen LogP) is 2.50. The van der Waals surface area contributed by atoms with Crippen LogP contribution in [0, 0.1) is 0 Å². The van der Waals surface area contributed by atoms with Gasteiger partial charge < -0.3 is 0 Å². The van der Waals surface area contributed by atoms with Gasteiger partial charge in [0.25, 0.3) is 5.91 Å². The highest BCUT2D eigenvalue weighted by Crippen LogP contribution is 2.40. The third kappa shape index (κ3) is 2.31. The summed E-state index contributed by atoms with van der Waals surface area (Å²) in [5.41, 5.74) is 0.843. The van der Waals surface area contributed by atoms with Gasteiger partial charge in [0.1, 0.15) is 18.0 Å². The van der Waals surface area contributed by atoms with E-state index in [2.05, 4.69) is 10.2 Å². The van der Waals surface area contributed by atoms with Crippen LogP contribution in [0.15, 0.2) is 30.9 Å². The van der Waals surface area contributed by atoms with Crippen molar-refractivity contribution < 1.29 is 4.79 Å². The third-order valence-electron chi connectivity index (χ3n) is 2.73. The fourth-order valence-electron chi connectivity index (χ4n) is 1.90. The molecule has 1 aliphatic heterocycles. The normalized spacial score (nSPS) is 19.2. The van der Waals surface area contributed by atoms with Crippen LogP contribution in [-0.2, 0) is 4.79 Å². The van der Waals surface area contributed by atoms with Gasteiger partial charge in [0, 0.05) is 15.6 Å². The Balaban J connectivity index is 2.01. The average Bonchev–Trinajstić information content (AvgIpc) is 2.98. The van der Waals surface area contributed by atoms with E-state index in [4.69, 9.17) is 23.2 Å². The Morgan fingerprint density at radius 3 is 2.68 bits per heavy atom. The summed E-state index contributed by atoms with van der Waals surface area (Å²) in [6.45, 7) is 0. The Morgan fingerprint density at radius 2 is 2.00 bits per heavy atom. The first kappa shape index (κ1) is 12.8. The van der Waals surface area contributed by atoms with E-state index in [0.29, 0.717) is 15.8 Å². The number of thioether (sulfide) groups is 1. The zero-order chi connectivity index (χ0) is 13.4. The van der Waals surface area contributed by atoms with Crippen LogP contribution in [0.5, 0.6) is 0 Å². The van der Waals surface area contributed by atoms with Crippen molar-refractivity contribution in [2.24, 2.45) is 0 Å². The summed E-state index contributed by atoms with van der Waals surface area (Å²) in [7, 11) is 0. The van der Waals surface area contributed by atoms with E-state index in [-0.39, 0.29) is 11.3 Å². The largest absolute Gasteiger partial charge is 0.272 e. The molecule has 0 N–H and O–H groups in total. The van der Waals surface area contributed by atoms with Crippen LogP contribution in [0.25, 0.3) is 0 Å². The second-order valence-corrected chi connectivity index (χ2v) is 5.82. The van der Waals surface area contributed by atoms with Crippen LogP contribution in [0.3, 0.4) is 0 Å². The van der Waals surface area contributed by atoms with Crippen LogP contribution in [0.1, 0.15) is 10.9 Å². The molecule has 19 heavy (non-hydrogen) atoms. The van der Waals surface area contributed by atoms with Gasteiger partial charge in [-0.25, -0.2) is 9.69 Å². The van der Waals surface area contributed by atoms with Crippen molar-refractivity contribution in [3.05, 3.63) is 46.5 Å². The number of hydrogen-bond donors (Lipinski definition) is 0. The molecule has 0 radical (unpaired) electrons. The minimum Gasteiger partial charge on any atom is -0.272 e. The molecule has 8 heteroatoms. The molecular weight excluding hydrogens is 307 g/mol. The molecule has 2 aromatic rings. The fourth-order valence-corrected chi connectivity index (χ4v) is 3.66. The van der Waals surface area contributed by atoms with Gasteiger partial charge in [0.05, 0.1) is 5.75 Å². The lowest BCUT2D eigenvalue weighted by molar-refractivity contribution is -0.117. The molecule has 1 atom stereocenters. The van der Waals surface area contributed by atoms with Crippen LogP contribution < -0.4 is 5.01 Å². The second-order valence-electron chi connectivity index (χ2n) is 3.91. The van der Waals surface area contributed by atoms with E-state index in [0.717, 1.165) is 5.56 Å². The van der Waals surface area contributed by atoms with E-state index >= 15 is 0 Å². The number of amides is 1. The molecule has 98 valence electrons. The standard InChI is InChI=1S/C11H8Cl2N4OS/c12-7-1-2-8(9(13)3-7)11-17(10(18)4-19-11)16-5-14-15-6-16/h1-3,5-6,11H,4H2. The Hall–Kier alpha value is -1.24. The van der Waals surface area contributed by atoms with Crippen molar-refractivity contribution in [2.75, 3.05) is 10.8 Å². The lowest BCUT2D eigenvalue weighted by atomic mass is 10.2. The number of rotatable bonds is 2. The molecule has 5 nitrogen and oxygen atoms in total. The van der Waals surface area contributed by atoms with Gasteiger partial charge in [-0.1, -0.05) is 29.3 Å². The number of nitrogens with zero attached hydrogens (tertiary/aromatic N) is 4. The molecule has 1 aliphatic rings. The maximum Gasteiger partial charge on any atom is 0.252 e. The van der Waals surface area contributed by atoms with Gasteiger partial charge in [-0.3, -0.25) is 4.79 Å². The van der Waals surface area contributed by atoms with Crippen molar-refractivity contribution in [2.45, 2.75) is 5.37 Å². The molecule has 1 aromatic carbocycles. The predicted molar refractivity (Wildman–Crippen MR) is 74.9 cm³/mol. The van der Waals surface area contributed by atoms with E-state index in [1.165, 1.54) is 24.4 Å². The fraction of sp³-hybridized carbons (Fsp3) is 0.182. The number of aromatic nitrogens is 3. The molecule has 1 unspecified atom stereocenters. The number of carbonyl (C=O) groups excluding carboxylic acids is 1. The van der Waals surface area contributed by atoms with Crippen LogP contribution in [-0.4, -0.2) is 26.5 Å². The number of carbonyl (C=O) groups is 1. The zero-order valence-corrected chi connectivity index (χ0v) is 11.9. The number of halogens is 2. The lowest BCUT2D eigenvalue weighted by Crippen LogP contribution is -2.37. The molecule has 1 amide bonds. The van der Waals surface area contributed by atoms with Crippen molar-refractivity contribution in [1.82, 2.24) is 14.9 Å². The number of benzene rings is 1. The SMILES string of the molecule is O=C1CSC(c2ccc(Cl)cc2Cl)N1n1cnnc1. The molecule has 1 aromatic heterocycles. The molecule has 1 saturated heterocycles. The molecule has 0 saturated carbocycles. The molecule has 2 heterocycles. The molecule has 0 bridgehead atoms. The highest BCUT2D eigenvalue weighted by molar-refractivity contribution is 8.00.